The molecule has 0 aliphatic carbocycles. The van der Waals surface area contributed by atoms with Crippen molar-refractivity contribution in [2.24, 2.45) is 0 Å². The first kappa shape index (κ1) is 16.4. The molecule has 7 nitrogen and oxygen atoms in total. The van der Waals surface area contributed by atoms with Crippen molar-refractivity contribution in [3.63, 3.8) is 0 Å². The summed E-state index contributed by atoms with van der Waals surface area (Å²) in [4.78, 5) is 33.3. The van der Waals surface area contributed by atoms with Crippen LogP contribution in [0.4, 0.5) is 10.5 Å². The fourth-order valence-electron chi connectivity index (χ4n) is 1.95. The molecule has 3 amide bonds. The molecule has 0 spiro atoms. The lowest BCUT2D eigenvalue weighted by molar-refractivity contribution is 0.0822. The molecule has 1 atom stereocenters. The second-order valence-electron chi connectivity index (χ2n) is 5.23. The molecule has 2 aromatic rings. The summed E-state index contributed by atoms with van der Waals surface area (Å²) < 4.78 is 0. The van der Waals surface area contributed by atoms with Gasteiger partial charge in [0.15, 0.2) is 0 Å². The van der Waals surface area contributed by atoms with E-state index in [0.717, 1.165) is 5.56 Å². The molecule has 0 bridgehead atoms. The summed E-state index contributed by atoms with van der Waals surface area (Å²) in [5.74, 6) is -0.223. The third-order valence-electron chi connectivity index (χ3n) is 3.20. The van der Waals surface area contributed by atoms with Crippen LogP contribution in [0.2, 0.25) is 0 Å². The molecule has 2 N–H and O–H groups in total. The van der Waals surface area contributed by atoms with Gasteiger partial charge in [0.1, 0.15) is 5.69 Å². The summed E-state index contributed by atoms with van der Waals surface area (Å²) in [6, 6.07) is 6.32. The van der Waals surface area contributed by atoms with Crippen molar-refractivity contribution in [2.45, 2.75) is 13.0 Å². The van der Waals surface area contributed by atoms with Gasteiger partial charge < -0.3 is 15.5 Å². The Balaban J connectivity index is 2.00. The Kier molecular flexibility index (Phi) is 5.24. The highest BCUT2D eigenvalue weighted by Gasteiger charge is 2.12. The SMILES string of the molecule is CC(NC(=O)Nc1ccnc(C(=O)N(C)C)c1)c1ccncc1. The Morgan fingerprint density at radius 3 is 2.48 bits per heavy atom. The van der Waals surface area contributed by atoms with Gasteiger partial charge in [0.25, 0.3) is 5.91 Å². The predicted octanol–water partition coefficient (Wildman–Crippen LogP) is 2.06. The standard InChI is InChI=1S/C16H19N5O2/c1-11(12-4-7-17-8-5-12)19-16(23)20-13-6-9-18-14(10-13)15(22)21(2)3/h4-11H,1-3H3,(H2,18,19,20,23). The minimum absolute atomic E-state index is 0.164. The Morgan fingerprint density at radius 1 is 1.13 bits per heavy atom. The van der Waals surface area contributed by atoms with E-state index in [9.17, 15) is 9.59 Å². The number of hydrogen-bond donors (Lipinski definition) is 2. The molecule has 0 saturated heterocycles. The number of hydrogen-bond acceptors (Lipinski definition) is 4. The van der Waals surface area contributed by atoms with Crippen LogP contribution in [-0.2, 0) is 0 Å². The van der Waals surface area contributed by atoms with Gasteiger partial charge in [-0.05, 0) is 36.8 Å². The lowest BCUT2D eigenvalue weighted by Crippen LogP contribution is -2.31. The van der Waals surface area contributed by atoms with Crippen LogP contribution in [0.5, 0.6) is 0 Å². The fourth-order valence-corrected chi connectivity index (χ4v) is 1.95. The minimum atomic E-state index is -0.358. The molecule has 1 unspecified atom stereocenters. The summed E-state index contributed by atoms with van der Waals surface area (Å²) in [6.07, 6.45) is 4.83. The number of carbonyl (C=O) groups is 2. The van der Waals surface area contributed by atoms with Crippen molar-refractivity contribution in [1.82, 2.24) is 20.2 Å². The minimum Gasteiger partial charge on any atom is -0.343 e. The molecule has 2 rings (SSSR count). The van der Waals surface area contributed by atoms with E-state index >= 15 is 0 Å². The molecule has 0 radical (unpaired) electrons. The summed E-state index contributed by atoms with van der Waals surface area (Å²) in [5.41, 5.74) is 1.73. The van der Waals surface area contributed by atoms with Gasteiger partial charge >= 0.3 is 6.03 Å². The second kappa shape index (κ2) is 7.35. The van der Waals surface area contributed by atoms with Gasteiger partial charge in [-0.3, -0.25) is 14.8 Å². The molecule has 0 aliphatic rings. The normalized spacial score (nSPS) is 11.4. The topological polar surface area (TPSA) is 87.2 Å². The Morgan fingerprint density at radius 2 is 1.83 bits per heavy atom. The molecule has 0 fully saturated rings. The highest BCUT2D eigenvalue weighted by Crippen LogP contribution is 2.12. The number of carbonyl (C=O) groups excluding carboxylic acids is 2. The van der Waals surface area contributed by atoms with Crippen LogP contribution in [0.1, 0.15) is 29.0 Å². The first-order valence-electron chi connectivity index (χ1n) is 7.12. The number of nitrogens with zero attached hydrogens (tertiary/aromatic N) is 3. The molecule has 0 aromatic carbocycles. The zero-order valence-corrected chi connectivity index (χ0v) is 13.3. The van der Waals surface area contributed by atoms with E-state index in [2.05, 4.69) is 20.6 Å². The number of rotatable bonds is 4. The smallest absolute Gasteiger partial charge is 0.319 e. The van der Waals surface area contributed by atoms with Crippen LogP contribution < -0.4 is 10.6 Å². The molecular formula is C16H19N5O2. The monoisotopic (exact) mass is 313 g/mol. The highest BCUT2D eigenvalue weighted by molar-refractivity contribution is 5.95. The quantitative estimate of drug-likeness (QED) is 0.904. The molecule has 2 heterocycles. The number of pyridine rings is 2. The molecule has 120 valence electrons. The molecule has 0 saturated carbocycles. The predicted molar refractivity (Wildman–Crippen MR) is 87.1 cm³/mol. The molecule has 7 heteroatoms. The van der Waals surface area contributed by atoms with Gasteiger partial charge in [-0.25, -0.2) is 4.79 Å². The van der Waals surface area contributed by atoms with E-state index in [4.69, 9.17) is 0 Å². The maximum absolute atomic E-state index is 12.1. The average Bonchev–Trinajstić information content (AvgIpc) is 2.55. The zero-order chi connectivity index (χ0) is 16.8. The van der Waals surface area contributed by atoms with Crippen molar-refractivity contribution in [3.05, 3.63) is 54.1 Å². The van der Waals surface area contributed by atoms with E-state index < -0.39 is 0 Å². The Hall–Kier alpha value is -2.96. The van der Waals surface area contributed by atoms with Gasteiger partial charge in [0.2, 0.25) is 0 Å². The lowest BCUT2D eigenvalue weighted by Gasteiger charge is -2.15. The summed E-state index contributed by atoms with van der Waals surface area (Å²) in [5, 5.41) is 5.52. The Labute approximate surface area is 134 Å². The average molecular weight is 313 g/mol. The number of amides is 3. The van der Waals surface area contributed by atoms with Crippen molar-refractivity contribution in [3.8, 4) is 0 Å². The van der Waals surface area contributed by atoms with Crippen molar-refractivity contribution in [1.29, 1.82) is 0 Å². The van der Waals surface area contributed by atoms with E-state index in [0.29, 0.717) is 5.69 Å². The third kappa shape index (κ3) is 4.50. The van der Waals surface area contributed by atoms with Crippen LogP contribution >= 0.6 is 0 Å². The van der Waals surface area contributed by atoms with Gasteiger partial charge in [-0.15, -0.1) is 0 Å². The van der Waals surface area contributed by atoms with E-state index in [1.54, 1.807) is 38.6 Å². The van der Waals surface area contributed by atoms with E-state index in [1.807, 2.05) is 19.1 Å². The first-order chi connectivity index (χ1) is 11.0. The van der Waals surface area contributed by atoms with Crippen LogP contribution in [0.3, 0.4) is 0 Å². The molecule has 23 heavy (non-hydrogen) atoms. The van der Waals surface area contributed by atoms with Gasteiger partial charge in [0, 0.05) is 38.4 Å². The lowest BCUT2D eigenvalue weighted by atomic mass is 10.1. The number of nitrogens with one attached hydrogen (secondary N) is 2. The summed E-state index contributed by atoms with van der Waals surface area (Å²) in [6.45, 7) is 1.88. The van der Waals surface area contributed by atoms with E-state index in [1.165, 1.54) is 11.1 Å². The van der Waals surface area contributed by atoms with Gasteiger partial charge in [0.05, 0.1) is 6.04 Å². The number of urea groups is 1. The molecular weight excluding hydrogens is 294 g/mol. The number of anilines is 1. The van der Waals surface area contributed by atoms with Crippen molar-refractivity contribution >= 4 is 17.6 Å². The van der Waals surface area contributed by atoms with Crippen LogP contribution in [-0.4, -0.2) is 40.9 Å². The van der Waals surface area contributed by atoms with Gasteiger partial charge in [-0.2, -0.15) is 0 Å². The maximum atomic E-state index is 12.1. The molecule has 2 aromatic heterocycles. The summed E-state index contributed by atoms with van der Waals surface area (Å²) >= 11 is 0. The Bertz CT molecular complexity index is 688. The second-order valence-corrected chi connectivity index (χ2v) is 5.23. The van der Waals surface area contributed by atoms with E-state index in [-0.39, 0.29) is 23.7 Å². The van der Waals surface area contributed by atoms with Crippen LogP contribution in [0, 0.1) is 0 Å². The van der Waals surface area contributed by atoms with Crippen molar-refractivity contribution < 1.29 is 9.59 Å². The van der Waals surface area contributed by atoms with Crippen molar-refractivity contribution in [2.75, 3.05) is 19.4 Å². The largest absolute Gasteiger partial charge is 0.343 e. The van der Waals surface area contributed by atoms with Crippen LogP contribution in [0.25, 0.3) is 0 Å². The van der Waals surface area contributed by atoms with Gasteiger partial charge in [-0.1, -0.05) is 0 Å². The highest BCUT2D eigenvalue weighted by atomic mass is 16.2. The zero-order valence-electron chi connectivity index (χ0n) is 13.3. The maximum Gasteiger partial charge on any atom is 0.319 e. The fraction of sp³-hybridized carbons (Fsp3) is 0.250. The number of aromatic nitrogens is 2. The third-order valence-corrected chi connectivity index (χ3v) is 3.20. The molecule has 0 aliphatic heterocycles. The van der Waals surface area contributed by atoms with Crippen LogP contribution in [0.15, 0.2) is 42.9 Å². The summed E-state index contributed by atoms with van der Waals surface area (Å²) in [7, 11) is 3.29. The first-order valence-corrected chi connectivity index (χ1v) is 7.12.